The zero-order valence-corrected chi connectivity index (χ0v) is 12.5. The van der Waals surface area contributed by atoms with Crippen molar-refractivity contribution >= 4 is 11.6 Å². The number of anilines is 1. The molecule has 0 bridgehead atoms. The molecule has 1 heterocycles. The quantitative estimate of drug-likeness (QED) is 0.783. The molecule has 0 aliphatic rings. The molecule has 0 saturated heterocycles. The minimum Gasteiger partial charge on any atom is -0.481 e. The Bertz CT molecular complexity index is 773. The van der Waals surface area contributed by atoms with Crippen LogP contribution < -0.4 is 10.1 Å². The molecule has 0 radical (unpaired) electrons. The van der Waals surface area contributed by atoms with E-state index in [1.165, 1.54) is 6.39 Å². The number of hydrogen-bond acceptors (Lipinski definition) is 5. The molecule has 0 aliphatic carbocycles. The van der Waals surface area contributed by atoms with Crippen LogP contribution in [-0.2, 0) is 4.79 Å². The molecule has 0 aliphatic heterocycles. The van der Waals surface area contributed by atoms with Crippen LogP contribution in [0.4, 0.5) is 5.69 Å². The number of hydrogen-bond donors (Lipinski definition) is 1. The van der Waals surface area contributed by atoms with Crippen LogP contribution in [0.25, 0.3) is 11.5 Å². The minimum atomic E-state index is -0.621. The first kappa shape index (κ1) is 14.8. The van der Waals surface area contributed by atoms with E-state index in [1.807, 2.05) is 24.3 Å². The average Bonchev–Trinajstić information content (AvgIpc) is 3.10. The number of ether oxygens (including phenoxy) is 1. The normalized spacial score (nSPS) is 11.7. The number of carbonyl (C=O) groups excluding carboxylic acids is 1. The Kier molecular flexibility index (Phi) is 4.33. The predicted octanol–water partition coefficient (Wildman–Crippen LogP) is 3.14. The molecule has 6 heteroatoms. The molecule has 0 spiro atoms. The van der Waals surface area contributed by atoms with Crippen LogP contribution in [0.3, 0.4) is 0 Å². The van der Waals surface area contributed by atoms with Gasteiger partial charge in [0.15, 0.2) is 6.10 Å². The first-order valence-electron chi connectivity index (χ1n) is 7.11. The molecular weight excluding hydrogens is 294 g/mol. The number of nitrogens with one attached hydrogen (secondary N) is 1. The predicted molar refractivity (Wildman–Crippen MR) is 84.9 cm³/mol. The molecule has 6 nitrogen and oxygen atoms in total. The van der Waals surface area contributed by atoms with E-state index >= 15 is 0 Å². The van der Waals surface area contributed by atoms with Gasteiger partial charge in [0.25, 0.3) is 5.91 Å². The van der Waals surface area contributed by atoms with Gasteiger partial charge in [-0.2, -0.15) is 0 Å². The van der Waals surface area contributed by atoms with E-state index < -0.39 is 6.10 Å². The second-order valence-electron chi connectivity index (χ2n) is 4.89. The minimum absolute atomic E-state index is 0.239. The summed E-state index contributed by atoms with van der Waals surface area (Å²) in [6.07, 6.45) is 0.639. The van der Waals surface area contributed by atoms with Gasteiger partial charge in [-0.1, -0.05) is 24.3 Å². The molecule has 1 atom stereocenters. The van der Waals surface area contributed by atoms with Crippen molar-refractivity contribution < 1.29 is 13.9 Å². The zero-order chi connectivity index (χ0) is 16.1. The van der Waals surface area contributed by atoms with E-state index in [0.29, 0.717) is 17.3 Å². The first-order chi connectivity index (χ1) is 11.2. The summed E-state index contributed by atoms with van der Waals surface area (Å²) in [5.41, 5.74) is 1.37. The highest BCUT2D eigenvalue weighted by Gasteiger charge is 2.15. The highest BCUT2D eigenvalue weighted by molar-refractivity contribution is 5.94. The van der Waals surface area contributed by atoms with Gasteiger partial charge in [0.2, 0.25) is 12.3 Å². The maximum Gasteiger partial charge on any atom is 0.265 e. The van der Waals surface area contributed by atoms with Gasteiger partial charge in [-0.15, -0.1) is 10.2 Å². The number of carbonyl (C=O) groups is 1. The van der Waals surface area contributed by atoms with Crippen molar-refractivity contribution in [3.8, 4) is 17.2 Å². The van der Waals surface area contributed by atoms with E-state index in [-0.39, 0.29) is 5.91 Å². The lowest BCUT2D eigenvalue weighted by atomic mass is 10.2. The lowest BCUT2D eigenvalue weighted by Crippen LogP contribution is -2.30. The summed E-state index contributed by atoms with van der Waals surface area (Å²) in [5.74, 6) is 0.806. The molecule has 1 N–H and O–H groups in total. The van der Waals surface area contributed by atoms with Gasteiger partial charge in [0.1, 0.15) is 5.75 Å². The Morgan fingerprint density at radius 1 is 1.17 bits per heavy atom. The summed E-state index contributed by atoms with van der Waals surface area (Å²) in [6.45, 7) is 1.70. The number of rotatable bonds is 5. The number of para-hydroxylation sites is 1. The van der Waals surface area contributed by atoms with Gasteiger partial charge in [0.05, 0.1) is 0 Å². The molecule has 3 aromatic rings. The molecule has 116 valence electrons. The average molecular weight is 309 g/mol. The molecular formula is C17H15N3O3. The summed E-state index contributed by atoms with van der Waals surface area (Å²) < 4.78 is 10.7. The van der Waals surface area contributed by atoms with Crippen LogP contribution in [-0.4, -0.2) is 22.2 Å². The third-order valence-electron chi connectivity index (χ3n) is 3.16. The fraction of sp³-hybridized carbons (Fsp3) is 0.118. The summed E-state index contributed by atoms with van der Waals surface area (Å²) in [7, 11) is 0. The maximum atomic E-state index is 12.2. The Balaban J connectivity index is 1.67. The van der Waals surface area contributed by atoms with Crippen LogP contribution in [0.2, 0.25) is 0 Å². The van der Waals surface area contributed by atoms with Gasteiger partial charge >= 0.3 is 0 Å². The van der Waals surface area contributed by atoms with Crippen molar-refractivity contribution in [1.29, 1.82) is 0 Å². The Labute approximate surface area is 133 Å². The molecule has 23 heavy (non-hydrogen) atoms. The Morgan fingerprint density at radius 2 is 2.00 bits per heavy atom. The smallest absolute Gasteiger partial charge is 0.265 e. The Morgan fingerprint density at radius 3 is 2.74 bits per heavy atom. The molecule has 0 unspecified atom stereocenters. The monoisotopic (exact) mass is 309 g/mol. The molecule has 1 aromatic heterocycles. The van der Waals surface area contributed by atoms with Crippen molar-refractivity contribution in [1.82, 2.24) is 10.2 Å². The summed E-state index contributed by atoms with van der Waals surface area (Å²) >= 11 is 0. The number of nitrogens with zero attached hydrogens (tertiary/aromatic N) is 2. The molecule has 0 fully saturated rings. The lowest BCUT2D eigenvalue weighted by molar-refractivity contribution is -0.122. The van der Waals surface area contributed by atoms with Crippen molar-refractivity contribution in [3.05, 3.63) is 61.0 Å². The van der Waals surface area contributed by atoms with Crippen LogP contribution >= 0.6 is 0 Å². The Hall–Kier alpha value is -3.15. The fourth-order valence-corrected chi connectivity index (χ4v) is 2.03. The number of aromatic nitrogens is 2. The lowest BCUT2D eigenvalue weighted by Gasteiger charge is -2.14. The van der Waals surface area contributed by atoms with Crippen molar-refractivity contribution in [2.75, 3.05) is 5.32 Å². The molecule has 3 rings (SSSR count). The van der Waals surface area contributed by atoms with Gasteiger partial charge in [-0.25, -0.2) is 0 Å². The van der Waals surface area contributed by atoms with Crippen molar-refractivity contribution in [3.63, 3.8) is 0 Å². The van der Waals surface area contributed by atoms with E-state index in [0.717, 1.165) is 5.56 Å². The van der Waals surface area contributed by atoms with Crippen LogP contribution in [0, 0.1) is 0 Å². The number of benzene rings is 2. The SMILES string of the molecule is C[C@H](Oc1ccccc1)C(=O)Nc1cccc(-c2nnco2)c1. The second-order valence-corrected chi connectivity index (χ2v) is 4.89. The van der Waals surface area contributed by atoms with Crippen LogP contribution in [0.5, 0.6) is 5.75 Å². The second kappa shape index (κ2) is 6.74. The highest BCUT2D eigenvalue weighted by atomic mass is 16.5. The van der Waals surface area contributed by atoms with E-state index in [4.69, 9.17) is 9.15 Å². The van der Waals surface area contributed by atoms with Crippen LogP contribution in [0.15, 0.2) is 65.4 Å². The fourth-order valence-electron chi connectivity index (χ4n) is 2.03. The first-order valence-corrected chi connectivity index (χ1v) is 7.11. The van der Waals surface area contributed by atoms with Gasteiger partial charge in [-0.05, 0) is 37.3 Å². The zero-order valence-electron chi connectivity index (χ0n) is 12.5. The maximum absolute atomic E-state index is 12.2. The van der Waals surface area contributed by atoms with E-state index in [1.54, 1.807) is 37.3 Å². The molecule has 2 aromatic carbocycles. The topological polar surface area (TPSA) is 77.2 Å². The summed E-state index contributed by atoms with van der Waals surface area (Å²) in [4.78, 5) is 12.2. The van der Waals surface area contributed by atoms with Crippen molar-refractivity contribution in [2.24, 2.45) is 0 Å². The van der Waals surface area contributed by atoms with E-state index in [2.05, 4.69) is 15.5 Å². The summed E-state index contributed by atoms with van der Waals surface area (Å²) in [5, 5.41) is 10.3. The van der Waals surface area contributed by atoms with Crippen molar-refractivity contribution in [2.45, 2.75) is 13.0 Å². The third kappa shape index (κ3) is 3.74. The van der Waals surface area contributed by atoms with Gasteiger partial charge in [0, 0.05) is 11.3 Å². The molecule has 0 saturated carbocycles. The van der Waals surface area contributed by atoms with Gasteiger partial charge in [-0.3, -0.25) is 4.79 Å². The summed E-state index contributed by atoms with van der Waals surface area (Å²) in [6, 6.07) is 16.4. The van der Waals surface area contributed by atoms with E-state index in [9.17, 15) is 4.79 Å². The standard InChI is InChI=1S/C17H15N3O3/c1-12(23-15-8-3-2-4-9-15)16(21)19-14-7-5-6-13(10-14)17-20-18-11-22-17/h2-12H,1H3,(H,19,21)/t12-/m0/s1. The largest absolute Gasteiger partial charge is 0.481 e. The molecule has 1 amide bonds. The third-order valence-corrected chi connectivity index (χ3v) is 3.16. The number of amides is 1. The van der Waals surface area contributed by atoms with Crippen LogP contribution in [0.1, 0.15) is 6.92 Å². The van der Waals surface area contributed by atoms with Gasteiger partial charge < -0.3 is 14.5 Å². The highest BCUT2D eigenvalue weighted by Crippen LogP contribution is 2.20.